The number of anilines is 1. The van der Waals surface area contributed by atoms with Crippen LogP contribution in [0.15, 0.2) is 18.2 Å². The Morgan fingerprint density at radius 3 is 2.41 bits per heavy atom. The van der Waals surface area contributed by atoms with Gasteiger partial charge in [0.1, 0.15) is 11.4 Å². The first-order valence-electron chi connectivity index (χ1n) is 6.27. The van der Waals surface area contributed by atoms with Crippen molar-refractivity contribution in [1.29, 1.82) is 0 Å². The molecule has 1 heterocycles. The van der Waals surface area contributed by atoms with Gasteiger partial charge in [-0.1, -0.05) is 0 Å². The van der Waals surface area contributed by atoms with Crippen molar-refractivity contribution >= 4 is 24.0 Å². The standard InChI is InChI=1S/C13H14F4N2O2.ClH/c14-10-2-1-8(7-9(10)13(15,16)17)19-11(20)12(18)3-5-21-6-4-12;/h1-2,7H,3-6,18H2,(H,19,20);1H. The van der Waals surface area contributed by atoms with Crippen LogP contribution in [0, 0.1) is 5.82 Å². The Labute approximate surface area is 130 Å². The van der Waals surface area contributed by atoms with Gasteiger partial charge in [-0.25, -0.2) is 4.39 Å². The van der Waals surface area contributed by atoms with Gasteiger partial charge in [0.2, 0.25) is 5.91 Å². The zero-order valence-electron chi connectivity index (χ0n) is 11.4. The summed E-state index contributed by atoms with van der Waals surface area (Å²) in [5.41, 5.74) is 3.15. The minimum Gasteiger partial charge on any atom is -0.381 e. The molecule has 1 aliphatic heterocycles. The number of benzene rings is 1. The second-order valence-corrected chi connectivity index (χ2v) is 4.92. The zero-order valence-corrected chi connectivity index (χ0v) is 12.2. The molecule has 2 rings (SSSR count). The van der Waals surface area contributed by atoms with Crippen molar-refractivity contribution < 1.29 is 27.1 Å². The maximum Gasteiger partial charge on any atom is 0.419 e. The highest BCUT2D eigenvalue weighted by atomic mass is 35.5. The molecular weight excluding hydrogens is 328 g/mol. The molecule has 1 aliphatic rings. The molecule has 1 amide bonds. The van der Waals surface area contributed by atoms with Crippen LogP contribution < -0.4 is 11.1 Å². The molecule has 1 aromatic rings. The third-order valence-electron chi connectivity index (χ3n) is 3.37. The van der Waals surface area contributed by atoms with E-state index in [0.29, 0.717) is 25.3 Å². The van der Waals surface area contributed by atoms with Crippen molar-refractivity contribution in [1.82, 2.24) is 0 Å². The highest BCUT2D eigenvalue weighted by Crippen LogP contribution is 2.33. The lowest BCUT2D eigenvalue weighted by Crippen LogP contribution is -2.54. The Morgan fingerprint density at radius 2 is 1.86 bits per heavy atom. The number of nitrogens with two attached hydrogens (primary N) is 1. The van der Waals surface area contributed by atoms with Gasteiger partial charge in [-0.2, -0.15) is 13.2 Å². The lowest BCUT2D eigenvalue weighted by atomic mass is 9.90. The van der Waals surface area contributed by atoms with Gasteiger partial charge in [0.05, 0.1) is 5.56 Å². The first-order valence-corrected chi connectivity index (χ1v) is 6.27. The fourth-order valence-corrected chi connectivity index (χ4v) is 2.04. The third-order valence-corrected chi connectivity index (χ3v) is 3.37. The molecule has 0 saturated carbocycles. The quantitative estimate of drug-likeness (QED) is 0.812. The monoisotopic (exact) mass is 342 g/mol. The molecule has 0 aliphatic carbocycles. The number of amides is 1. The molecule has 0 spiro atoms. The third kappa shape index (κ3) is 4.08. The van der Waals surface area contributed by atoms with Crippen LogP contribution in [-0.2, 0) is 15.7 Å². The molecule has 0 bridgehead atoms. The number of nitrogens with one attached hydrogen (secondary N) is 1. The van der Waals surface area contributed by atoms with Crippen LogP contribution in [0.5, 0.6) is 0 Å². The van der Waals surface area contributed by atoms with Crippen LogP contribution in [0.25, 0.3) is 0 Å². The van der Waals surface area contributed by atoms with E-state index in [9.17, 15) is 22.4 Å². The van der Waals surface area contributed by atoms with Gasteiger partial charge in [-0.3, -0.25) is 4.79 Å². The molecule has 4 nitrogen and oxygen atoms in total. The molecule has 22 heavy (non-hydrogen) atoms. The lowest BCUT2D eigenvalue weighted by molar-refractivity contribution is -0.140. The van der Waals surface area contributed by atoms with Gasteiger partial charge < -0.3 is 15.8 Å². The summed E-state index contributed by atoms with van der Waals surface area (Å²) in [7, 11) is 0. The van der Waals surface area contributed by atoms with Crippen LogP contribution in [-0.4, -0.2) is 24.7 Å². The summed E-state index contributed by atoms with van der Waals surface area (Å²) in [5.74, 6) is -2.00. The molecule has 0 radical (unpaired) electrons. The van der Waals surface area contributed by atoms with E-state index >= 15 is 0 Å². The van der Waals surface area contributed by atoms with Crippen LogP contribution in [0.3, 0.4) is 0 Å². The number of hydrogen-bond acceptors (Lipinski definition) is 3. The summed E-state index contributed by atoms with van der Waals surface area (Å²) in [6.45, 7) is 0.613. The van der Waals surface area contributed by atoms with Gasteiger partial charge in [-0.05, 0) is 31.0 Å². The minimum absolute atomic E-state index is 0. The zero-order chi connectivity index (χ0) is 15.7. The van der Waals surface area contributed by atoms with E-state index in [1.165, 1.54) is 0 Å². The van der Waals surface area contributed by atoms with E-state index < -0.39 is 29.0 Å². The summed E-state index contributed by atoms with van der Waals surface area (Å²) >= 11 is 0. The molecular formula is C13H15ClF4N2O2. The van der Waals surface area contributed by atoms with Gasteiger partial charge in [0.15, 0.2) is 0 Å². The fourth-order valence-electron chi connectivity index (χ4n) is 2.04. The molecule has 1 fully saturated rings. The molecule has 3 N–H and O–H groups in total. The molecule has 0 aromatic heterocycles. The van der Waals surface area contributed by atoms with Crippen LogP contribution >= 0.6 is 12.4 Å². The number of hydrogen-bond donors (Lipinski definition) is 2. The summed E-state index contributed by atoms with van der Waals surface area (Å²) in [6.07, 6.45) is -4.29. The van der Waals surface area contributed by atoms with E-state index in [2.05, 4.69) is 5.32 Å². The Kier molecular flexibility index (Phi) is 5.77. The highest BCUT2D eigenvalue weighted by molar-refractivity contribution is 5.98. The lowest BCUT2D eigenvalue weighted by Gasteiger charge is -2.31. The first kappa shape index (κ1) is 18.7. The van der Waals surface area contributed by atoms with Crippen molar-refractivity contribution in [2.24, 2.45) is 5.73 Å². The largest absolute Gasteiger partial charge is 0.419 e. The van der Waals surface area contributed by atoms with Crippen molar-refractivity contribution in [3.63, 3.8) is 0 Å². The summed E-state index contributed by atoms with van der Waals surface area (Å²) in [5, 5.41) is 2.31. The van der Waals surface area contributed by atoms with Gasteiger partial charge >= 0.3 is 6.18 Å². The molecule has 0 atom stereocenters. The van der Waals surface area contributed by atoms with E-state index in [1.807, 2.05) is 0 Å². The van der Waals surface area contributed by atoms with Gasteiger partial charge in [0.25, 0.3) is 0 Å². The first-order chi connectivity index (χ1) is 9.72. The van der Waals surface area contributed by atoms with E-state index in [-0.39, 0.29) is 30.9 Å². The smallest absolute Gasteiger partial charge is 0.381 e. The molecule has 0 unspecified atom stereocenters. The molecule has 9 heteroatoms. The Morgan fingerprint density at radius 1 is 1.27 bits per heavy atom. The fraction of sp³-hybridized carbons (Fsp3) is 0.462. The summed E-state index contributed by atoms with van der Waals surface area (Å²) in [4.78, 5) is 12.1. The maximum atomic E-state index is 13.2. The SMILES string of the molecule is Cl.NC1(C(=O)Nc2ccc(F)c(C(F)(F)F)c2)CCOCC1. The number of alkyl halides is 3. The van der Waals surface area contributed by atoms with Crippen molar-refractivity contribution in [2.75, 3.05) is 18.5 Å². The molecule has 1 aromatic carbocycles. The summed E-state index contributed by atoms with van der Waals surface area (Å²) < 4.78 is 56.1. The Bertz CT molecular complexity index is 545. The predicted molar refractivity (Wildman–Crippen MR) is 74.3 cm³/mol. The van der Waals surface area contributed by atoms with Crippen molar-refractivity contribution in [3.8, 4) is 0 Å². The topological polar surface area (TPSA) is 64.4 Å². The number of carbonyl (C=O) groups is 1. The van der Waals surface area contributed by atoms with Crippen molar-refractivity contribution in [3.05, 3.63) is 29.6 Å². The second-order valence-electron chi connectivity index (χ2n) is 4.92. The minimum atomic E-state index is -4.83. The Balaban J connectivity index is 0.00000242. The van der Waals surface area contributed by atoms with Gasteiger partial charge in [0, 0.05) is 18.9 Å². The van der Waals surface area contributed by atoms with Crippen molar-refractivity contribution in [2.45, 2.75) is 24.6 Å². The highest BCUT2D eigenvalue weighted by Gasteiger charge is 2.37. The van der Waals surface area contributed by atoms with E-state index in [1.54, 1.807) is 0 Å². The number of rotatable bonds is 2. The van der Waals surface area contributed by atoms with Crippen LogP contribution in [0.4, 0.5) is 23.2 Å². The number of carbonyl (C=O) groups excluding carboxylic acids is 1. The predicted octanol–water partition coefficient (Wildman–Crippen LogP) is 2.71. The molecule has 124 valence electrons. The summed E-state index contributed by atoms with van der Waals surface area (Å²) in [6, 6.07) is 2.27. The van der Waals surface area contributed by atoms with E-state index in [0.717, 1.165) is 6.07 Å². The molecule has 1 saturated heterocycles. The van der Waals surface area contributed by atoms with Crippen LogP contribution in [0.2, 0.25) is 0 Å². The maximum absolute atomic E-state index is 13.2. The van der Waals surface area contributed by atoms with Crippen LogP contribution in [0.1, 0.15) is 18.4 Å². The second kappa shape index (κ2) is 6.80. The normalized spacial score (nSPS) is 17.5. The average Bonchev–Trinajstić information content (AvgIpc) is 2.40. The Hall–Kier alpha value is -1.38. The number of halogens is 5. The average molecular weight is 343 g/mol. The van der Waals surface area contributed by atoms with E-state index in [4.69, 9.17) is 10.5 Å². The van der Waals surface area contributed by atoms with Gasteiger partial charge in [-0.15, -0.1) is 12.4 Å². The number of ether oxygens (including phenoxy) is 1.